The fourth-order valence-corrected chi connectivity index (χ4v) is 2.93. The van der Waals surface area contributed by atoms with Gasteiger partial charge in [0.1, 0.15) is 25.4 Å². The molecule has 4 rings (SSSR count). The second-order valence-electron chi connectivity index (χ2n) is 5.61. The molecule has 0 aliphatic rings. The van der Waals surface area contributed by atoms with Crippen molar-refractivity contribution >= 4 is 24.3 Å². The summed E-state index contributed by atoms with van der Waals surface area (Å²) in [7, 11) is 3.58. The van der Waals surface area contributed by atoms with Crippen molar-refractivity contribution in [2.45, 2.75) is 0 Å². The van der Waals surface area contributed by atoms with E-state index in [1.54, 1.807) is 25.6 Å². The van der Waals surface area contributed by atoms with E-state index < -0.39 is 0 Å². The van der Waals surface area contributed by atoms with Crippen LogP contribution in [-0.4, -0.2) is 30.1 Å². The number of fused-ring (bicyclic) bond motifs is 1. The molecular formula is C18H13BN4O2. The molecular weight excluding hydrogens is 315 g/mol. The molecule has 0 amide bonds. The topological polar surface area (TPSA) is 87.7 Å². The number of benzene rings is 1. The van der Waals surface area contributed by atoms with E-state index in [1.165, 1.54) is 0 Å². The van der Waals surface area contributed by atoms with Gasteiger partial charge >= 0.3 is 0 Å². The number of aromatic nitrogens is 3. The first-order chi connectivity index (χ1) is 12.2. The molecule has 120 valence electrons. The number of hydrogen-bond acceptors (Lipinski definition) is 5. The summed E-state index contributed by atoms with van der Waals surface area (Å²) in [5.74, 6) is 1.31. The van der Waals surface area contributed by atoms with E-state index in [9.17, 15) is 5.26 Å². The molecule has 1 aromatic carbocycles. The van der Waals surface area contributed by atoms with E-state index in [0.717, 1.165) is 16.4 Å². The van der Waals surface area contributed by atoms with Gasteiger partial charge in [0.15, 0.2) is 5.65 Å². The van der Waals surface area contributed by atoms with Gasteiger partial charge in [-0.05, 0) is 29.8 Å². The van der Waals surface area contributed by atoms with E-state index >= 15 is 0 Å². The highest BCUT2D eigenvalue weighted by Crippen LogP contribution is 2.36. The van der Waals surface area contributed by atoms with E-state index in [0.29, 0.717) is 34.0 Å². The summed E-state index contributed by atoms with van der Waals surface area (Å²) in [6.45, 7) is 0. The normalized spacial score (nSPS) is 10.7. The Morgan fingerprint density at radius 2 is 2.20 bits per heavy atom. The van der Waals surface area contributed by atoms with Gasteiger partial charge < -0.3 is 9.15 Å². The SMILES string of the molecule is Bc1ccc(OC)cc1-c1nc2[nH]ncc2c(-c2ccco2)c1C#N. The maximum Gasteiger partial charge on any atom is 0.156 e. The Labute approximate surface area is 144 Å². The number of hydrogen-bond donors (Lipinski definition) is 1. The Morgan fingerprint density at radius 1 is 1.32 bits per heavy atom. The van der Waals surface area contributed by atoms with Crippen LogP contribution in [0.1, 0.15) is 5.56 Å². The van der Waals surface area contributed by atoms with Crippen LogP contribution in [0, 0.1) is 11.3 Å². The smallest absolute Gasteiger partial charge is 0.156 e. The fraction of sp³-hybridized carbons (Fsp3) is 0.0556. The van der Waals surface area contributed by atoms with Gasteiger partial charge in [-0.15, -0.1) is 0 Å². The van der Waals surface area contributed by atoms with Crippen LogP contribution in [0.4, 0.5) is 0 Å². The maximum absolute atomic E-state index is 9.88. The fourth-order valence-electron chi connectivity index (χ4n) is 2.93. The number of ether oxygens (including phenoxy) is 1. The largest absolute Gasteiger partial charge is 0.497 e. The van der Waals surface area contributed by atoms with Crippen LogP contribution in [-0.2, 0) is 0 Å². The number of furan rings is 1. The van der Waals surface area contributed by atoms with Gasteiger partial charge in [-0.2, -0.15) is 10.4 Å². The van der Waals surface area contributed by atoms with Crippen molar-refractivity contribution in [3.8, 4) is 34.4 Å². The molecule has 0 aliphatic heterocycles. The number of pyridine rings is 1. The Kier molecular flexibility index (Phi) is 3.51. The lowest BCUT2D eigenvalue weighted by Gasteiger charge is -2.12. The first kappa shape index (κ1) is 15.0. The monoisotopic (exact) mass is 328 g/mol. The van der Waals surface area contributed by atoms with Gasteiger partial charge in [-0.1, -0.05) is 11.5 Å². The van der Waals surface area contributed by atoms with Crippen molar-refractivity contribution in [2.75, 3.05) is 7.11 Å². The molecule has 0 saturated heterocycles. The summed E-state index contributed by atoms with van der Waals surface area (Å²) in [5, 5.41) is 17.6. The zero-order valence-corrected chi connectivity index (χ0v) is 13.7. The Balaban J connectivity index is 2.11. The lowest BCUT2D eigenvalue weighted by atomic mass is 9.86. The average molecular weight is 328 g/mol. The Bertz CT molecular complexity index is 1110. The third-order valence-corrected chi connectivity index (χ3v) is 4.18. The van der Waals surface area contributed by atoms with Crippen molar-refractivity contribution in [1.82, 2.24) is 15.2 Å². The molecule has 7 heteroatoms. The molecule has 0 aliphatic carbocycles. The molecule has 6 nitrogen and oxygen atoms in total. The van der Waals surface area contributed by atoms with Crippen molar-refractivity contribution in [3.05, 3.63) is 48.4 Å². The van der Waals surface area contributed by atoms with E-state index in [-0.39, 0.29) is 0 Å². The van der Waals surface area contributed by atoms with Gasteiger partial charge in [0.05, 0.1) is 36.2 Å². The molecule has 0 fully saturated rings. The van der Waals surface area contributed by atoms with E-state index in [1.807, 2.05) is 32.1 Å². The van der Waals surface area contributed by atoms with Crippen LogP contribution < -0.4 is 10.2 Å². The molecule has 0 atom stereocenters. The second-order valence-corrected chi connectivity index (χ2v) is 5.61. The zero-order chi connectivity index (χ0) is 17.4. The average Bonchev–Trinajstić information content (AvgIpc) is 3.32. The van der Waals surface area contributed by atoms with Crippen LogP contribution in [0.5, 0.6) is 5.75 Å². The first-order valence-corrected chi connectivity index (χ1v) is 7.69. The van der Waals surface area contributed by atoms with Crippen molar-refractivity contribution in [2.24, 2.45) is 0 Å². The molecule has 0 spiro atoms. The van der Waals surface area contributed by atoms with Crippen molar-refractivity contribution in [1.29, 1.82) is 5.26 Å². The van der Waals surface area contributed by atoms with Crippen LogP contribution in [0.15, 0.2) is 47.2 Å². The number of H-pyrrole nitrogens is 1. The number of aromatic amines is 1. The summed E-state index contributed by atoms with van der Waals surface area (Å²) in [6, 6.07) is 11.6. The molecule has 0 radical (unpaired) electrons. The second kappa shape index (κ2) is 5.84. The van der Waals surface area contributed by atoms with Gasteiger partial charge in [-0.3, -0.25) is 5.10 Å². The molecule has 0 unspecified atom stereocenters. The molecule has 0 saturated carbocycles. The summed E-state index contributed by atoms with van der Waals surface area (Å²) < 4.78 is 10.9. The molecule has 0 bridgehead atoms. The van der Waals surface area contributed by atoms with Crippen molar-refractivity contribution in [3.63, 3.8) is 0 Å². The zero-order valence-electron chi connectivity index (χ0n) is 13.7. The minimum Gasteiger partial charge on any atom is -0.497 e. The molecule has 3 heterocycles. The minimum absolute atomic E-state index is 0.445. The maximum atomic E-state index is 9.88. The van der Waals surface area contributed by atoms with Gasteiger partial charge in [0, 0.05) is 5.56 Å². The highest BCUT2D eigenvalue weighted by Gasteiger charge is 2.21. The molecule has 3 aromatic heterocycles. The lowest BCUT2D eigenvalue weighted by molar-refractivity contribution is 0.415. The van der Waals surface area contributed by atoms with Gasteiger partial charge in [-0.25, -0.2) is 4.98 Å². The standard InChI is InChI=1S/C18H13BN4O2/c1-24-10-4-5-14(19)11(7-10)17-12(8-20)16(15-3-2-6-25-15)13-9-21-23-18(13)22-17/h2-7,9H,19H2,1H3,(H,21,22,23). The number of nitriles is 1. The molecule has 1 N–H and O–H groups in total. The Morgan fingerprint density at radius 3 is 2.92 bits per heavy atom. The summed E-state index contributed by atoms with van der Waals surface area (Å²) in [5.41, 5.74) is 4.13. The predicted molar refractivity (Wildman–Crippen MR) is 96.5 cm³/mol. The quantitative estimate of drug-likeness (QED) is 0.581. The number of rotatable bonds is 3. The third-order valence-electron chi connectivity index (χ3n) is 4.18. The number of nitrogens with zero attached hydrogens (tertiary/aromatic N) is 3. The van der Waals surface area contributed by atoms with E-state index in [2.05, 4.69) is 21.3 Å². The first-order valence-electron chi connectivity index (χ1n) is 7.69. The van der Waals surface area contributed by atoms with Crippen LogP contribution in [0.25, 0.3) is 33.6 Å². The van der Waals surface area contributed by atoms with Gasteiger partial charge in [0.25, 0.3) is 0 Å². The highest BCUT2D eigenvalue weighted by molar-refractivity contribution is 6.36. The van der Waals surface area contributed by atoms with Crippen LogP contribution in [0.3, 0.4) is 0 Å². The highest BCUT2D eigenvalue weighted by atomic mass is 16.5. The number of nitrogens with one attached hydrogen (secondary N) is 1. The van der Waals surface area contributed by atoms with Crippen molar-refractivity contribution < 1.29 is 9.15 Å². The molecule has 25 heavy (non-hydrogen) atoms. The summed E-state index contributed by atoms with van der Waals surface area (Å²) >= 11 is 0. The van der Waals surface area contributed by atoms with Gasteiger partial charge in [0.2, 0.25) is 0 Å². The number of methoxy groups -OCH3 is 1. The molecule has 4 aromatic rings. The minimum atomic E-state index is 0.445. The van der Waals surface area contributed by atoms with E-state index in [4.69, 9.17) is 9.15 Å². The summed E-state index contributed by atoms with van der Waals surface area (Å²) in [6.07, 6.45) is 3.24. The summed E-state index contributed by atoms with van der Waals surface area (Å²) in [4.78, 5) is 4.65. The lowest BCUT2D eigenvalue weighted by Crippen LogP contribution is -2.09. The van der Waals surface area contributed by atoms with Crippen LogP contribution in [0.2, 0.25) is 0 Å². The Hall–Kier alpha value is -3.53. The predicted octanol–water partition coefficient (Wildman–Crippen LogP) is 2.02. The third kappa shape index (κ3) is 2.36. The van der Waals surface area contributed by atoms with Crippen LogP contribution >= 0.6 is 0 Å².